The van der Waals surface area contributed by atoms with Crippen molar-refractivity contribution in [3.05, 3.63) is 59.7 Å². The fourth-order valence-corrected chi connectivity index (χ4v) is 5.50. The molecule has 0 radical (unpaired) electrons. The maximum atomic E-state index is 13.4. The minimum absolute atomic E-state index is 0.248. The zero-order chi connectivity index (χ0) is 25.8. The predicted octanol–water partition coefficient (Wildman–Crippen LogP) is 6.48. The minimum Gasteiger partial charge on any atom is -0.480 e. The number of carboxylic acids is 1. The van der Waals surface area contributed by atoms with E-state index in [2.05, 4.69) is 10.1 Å². The Morgan fingerprint density at radius 1 is 1.14 bits per heavy atom. The zero-order valence-electron chi connectivity index (χ0n) is 19.8. The number of fused-ring (bicyclic) bond motifs is 1. The number of hydrogen-bond donors (Lipinski definition) is 2. The number of urea groups is 1. The highest BCUT2D eigenvalue weighted by atomic mass is 32.2. The molecule has 0 saturated heterocycles. The molecule has 10 heteroatoms. The van der Waals surface area contributed by atoms with Crippen molar-refractivity contribution in [2.24, 2.45) is 0 Å². The van der Waals surface area contributed by atoms with Crippen molar-refractivity contribution in [3.8, 4) is 5.75 Å². The fraction of sp³-hybridized carbons (Fsp3) is 0.440. The highest BCUT2D eigenvalue weighted by Gasteiger charge is 2.43. The summed E-state index contributed by atoms with van der Waals surface area (Å²) < 4.78 is 40.1. The van der Waals surface area contributed by atoms with Crippen LogP contribution in [0.3, 0.4) is 0 Å². The predicted molar refractivity (Wildman–Crippen MR) is 130 cm³/mol. The Kier molecular flexibility index (Phi) is 8.25. The SMILES string of the molecule is CCCCN(C(=O)Nc1ccc(OC(F)(F)F)cc1)C1Cc2ccccc2C1SC(C)(C)C(=O)O. The van der Waals surface area contributed by atoms with E-state index in [1.165, 1.54) is 23.9 Å². The average Bonchev–Trinajstić information content (AvgIpc) is 3.12. The lowest BCUT2D eigenvalue weighted by atomic mass is 10.1. The Morgan fingerprint density at radius 2 is 1.80 bits per heavy atom. The summed E-state index contributed by atoms with van der Waals surface area (Å²) >= 11 is 1.32. The first-order valence-corrected chi connectivity index (χ1v) is 12.2. The average molecular weight is 511 g/mol. The number of aliphatic carboxylic acids is 1. The van der Waals surface area contributed by atoms with Gasteiger partial charge in [-0.05, 0) is 62.1 Å². The normalized spacial score (nSPS) is 17.5. The highest BCUT2D eigenvalue weighted by Crippen LogP contribution is 2.48. The Morgan fingerprint density at radius 3 is 2.40 bits per heavy atom. The number of nitrogens with one attached hydrogen (secondary N) is 1. The third-order valence-electron chi connectivity index (χ3n) is 5.83. The first-order valence-electron chi connectivity index (χ1n) is 11.3. The number of halogens is 3. The molecule has 0 aromatic heterocycles. The fourth-order valence-electron chi connectivity index (χ4n) is 4.00. The minimum atomic E-state index is -4.80. The Bertz CT molecular complexity index is 1040. The Hall–Kier alpha value is -2.88. The van der Waals surface area contributed by atoms with Crippen LogP contribution in [-0.2, 0) is 11.2 Å². The van der Waals surface area contributed by atoms with Crippen LogP contribution in [-0.4, -0.2) is 45.7 Å². The molecule has 3 rings (SSSR count). The van der Waals surface area contributed by atoms with Crippen molar-refractivity contribution in [2.75, 3.05) is 11.9 Å². The van der Waals surface area contributed by atoms with Crippen LogP contribution in [0.5, 0.6) is 5.75 Å². The molecule has 2 aromatic rings. The molecule has 2 aromatic carbocycles. The summed E-state index contributed by atoms with van der Waals surface area (Å²) in [5.41, 5.74) is 2.41. The first-order chi connectivity index (χ1) is 16.4. The van der Waals surface area contributed by atoms with Gasteiger partial charge < -0.3 is 20.1 Å². The zero-order valence-corrected chi connectivity index (χ0v) is 20.6. The van der Waals surface area contributed by atoms with Crippen molar-refractivity contribution < 1.29 is 32.6 Å². The van der Waals surface area contributed by atoms with Crippen LogP contribution in [0.4, 0.5) is 23.7 Å². The molecule has 6 nitrogen and oxygen atoms in total. The number of thioether (sulfide) groups is 1. The lowest BCUT2D eigenvalue weighted by molar-refractivity contribution is -0.274. The van der Waals surface area contributed by atoms with E-state index < -0.39 is 17.1 Å². The molecular weight excluding hydrogens is 481 g/mol. The van der Waals surface area contributed by atoms with E-state index in [0.717, 1.165) is 36.1 Å². The molecule has 0 bridgehead atoms. The van der Waals surface area contributed by atoms with Crippen LogP contribution in [0, 0.1) is 0 Å². The molecule has 190 valence electrons. The van der Waals surface area contributed by atoms with E-state index >= 15 is 0 Å². The van der Waals surface area contributed by atoms with E-state index in [-0.39, 0.29) is 23.1 Å². The molecule has 0 spiro atoms. The Balaban J connectivity index is 1.85. The summed E-state index contributed by atoms with van der Waals surface area (Å²) in [5, 5.41) is 12.2. The van der Waals surface area contributed by atoms with Crippen molar-refractivity contribution in [1.82, 2.24) is 4.90 Å². The molecule has 0 saturated carbocycles. The van der Waals surface area contributed by atoms with E-state index in [9.17, 15) is 27.9 Å². The molecule has 2 amide bonds. The molecule has 2 unspecified atom stereocenters. The topological polar surface area (TPSA) is 78.9 Å². The second-order valence-corrected chi connectivity index (χ2v) is 10.6. The van der Waals surface area contributed by atoms with Crippen LogP contribution in [0.25, 0.3) is 0 Å². The molecule has 35 heavy (non-hydrogen) atoms. The number of carbonyl (C=O) groups is 2. The molecule has 1 aliphatic rings. The smallest absolute Gasteiger partial charge is 0.480 e. The van der Waals surface area contributed by atoms with Crippen LogP contribution in [0.15, 0.2) is 48.5 Å². The van der Waals surface area contributed by atoms with Gasteiger partial charge in [-0.15, -0.1) is 24.9 Å². The van der Waals surface area contributed by atoms with Gasteiger partial charge in [0.2, 0.25) is 0 Å². The maximum Gasteiger partial charge on any atom is 0.573 e. The van der Waals surface area contributed by atoms with Gasteiger partial charge in [-0.3, -0.25) is 4.79 Å². The van der Waals surface area contributed by atoms with Crippen molar-refractivity contribution >= 4 is 29.4 Å². The number of amides is 2. The van der Waals surface area contributed by atoms with Crippen molar-refractivity contribution in [3.63, 3.8) is 0 Å². The van der Waals surface area contributed by atoms with Gasteiger partial charge in [0.05, 0.1) is 11.3 Å². The number of hydrogen-bond acceptors (Lipinski definition) is 4. The summed E-state index contributed by atoms with van der Waals surface area (Å²) in [7, 11) is 0. The van der Waals surface area contributed by atoms with Gasteiger partial charge >= 0.3 is 18.4 Å². The quantitative estimate of drug-likeness (QED) is 0.404. The van der Waals surface area contributed by atoms with Gasteiger partial charge in [0.15, 0.2) is 0 Å². The third kappa shape index (κ3) is 6.84. The summed E-state index contributed by atoms with van der Waals surface area (Å²) in [6.45, 7) is 5.78. The van der Waals surface area contributed by atoms with Crippen molar-refractivity contribution in [2.45, 2.75) is 62.4 Å². The number of carbonyl (C=O) groups excluding carboxylic acids is 1. The molecule has 0 fully saturated rings. The van der Waals surface area contributed by atoms with Crippen LogP contribution in [0.1, 0.15) is 50.0 Å². The standard InChI is InChI=1S/C25H29F3N2O4S/c1-4-5-14-30(23(33)29-17-10-12-18(13-11-17)34-25(26,27)28)20-15-16-8-6-7-9-19(16)21(20)35-24(2,3)22(31)32/h6-13,20-21H,4-5,14-15H2,1-3H3,(H,29,33)(H,31,32). The lowest BCUT2D eigenvalue weighted by Crippen LogP contribution is -2.46. The number of alkyl halides is 3. The van der Waals surface area contributed by atoms with Crippen molar-refractivity contribution in [1.29, 1.82) is 0 Å². The maximum absolute atomic E-state index is 13.4. The molecule has 0 aliphatic heterocycles. The largest absolute Gasteiger partial charge is 0.573 e. The van der Waals surface area contributed by atoms with Gasteiger partial charge in [-0.25, -0.2) is 4.79 Å². The lowest BCUT2D eigenvalue weighted by Gasteiger charge is -2.35. The summed E-state index contributed by atoms with van der Waals surface area (Å²) in [6.07, 6.45) is -2.61. The number of anilines is 1. The summed E-state index contributed by atoms with van der Waals surface area (Å²) in [6, 6.07) is 12.1. The second-order valence-electron chi connectivity index (χ2n) is 8.87. The van der Waals surface area contributed by atoms with Gasteiger partial charge in [-0.2, -0.15) is 0 Å². The molecule has 1 aliphatic carbocycles. The highest BCUT2D eigenvalue weighted by molar-refractivity contribution is 8.01. The first kappa shape index (κ1) is 26.7. The van der Waals surface area contributed by atoms with Gasteiger partial charge in [0.1, 0.15) is 10.5 Å². The number of ether oxygens (including phenoxy) is 1. The van der Waals surface area contributed by atoms with E-state index in [1.54, 1.807) is 18.7 Å². The monoisotopic (exact) mass is 510 g/mol. The number of benzene rings is 2. The van der Waals surface area contributed by atoms with Crippen LogP contribution < -0.4 is 10.1 Å². The molecule has 2 N–H and O–H groups in total. The second kappa shape index (κ2) is 10.8. The summed E-state index contributed by atoms with van der Waals surface area (Å²) in [4.78, 5) is 27.0. The molecule has 0 heterocycles. The number of carboxylic acid groups (broad SMARTS) is 1. The number of rotatable bonds is 9. The van der Waals surface area contributed by atoms with Crippen LogP contribution in [0.2, 0.25) is 0 Å². The third-order valence-corrected chi connectivity index (χ3v) is 7.42. The van der Waals surface area contributed by atoms with Gasteiger partial charge in [0.25, 0.3) is 0 Å². The van der Waals surface area contributed by atoms with Gasteiger partial charge in [0, 0.05) is 12.2 Å². The summed E-state index contributed by atoms with van der Waals surface area (Å²) in [5.74, 6) is -1.31. The molecule has 2 atom stereocenters. The van der Waals surface area contributed by atoms with Gasteiger partial charge in [-0.1, -0.05) is 37.6 Å². The van der Waals surface area contributed by atoms with E-state index in [0.29, 0.717) is 18.7 Å². The van der Waals surface area contributed by atoms with E-state index in [4.69, 9.17) is 0 Å². The number of nitrogens with zero attached hydrogens (tertiary/aromatic N) is 1. The van der Waals surface area contributed by atoms with E-state index in [1.807, 2.05) is 31.2 Å². The molecular formula is C25H29F3N2O4S. The Labute approximate surface area is 206 Å². The number of unbranched alkanes of at least 4 members (excludes halogenated alkanes) is 1. The van der Waals surface area contributed by atoms with Crippen LogP contribution >= 0.6 is 11.8 Å².